The van der Waals surface area contributed by atoms with Crippen molar-refractivity contribution in [1.29, 1.82) is 0 Å². The average Bonchev–Trinajstić information content (AvgIpc) is 3.02. The highest BCUT2D eigenvalue weighted by molar-refractivity contribution is 9.10. The highest BCUT2D eigenvalue weighted by Crippen LogP contribution is 2.40. The molecule has 1 aliphatic heterocycles. The van der Waals surface area contributed by atoms with Crippen LogP contribution in [0.4, 0.5) is 0 Å². The molecule has 0 spiro atoms. The minimum Gasteiger partial charge on any atom is -0.508 e. The van der Waals surface area contributed by atoms with Crippen molar-refractivity contribution in [1.82, 2.24) is 4.90 Å². The zero-order valence-electron chi connectivity index (χ0n) is 16.6. The topological polar surface area (TPSA) is 70.8 Å². The number of amides is 1. The van der Waals surface area contributed by atoms with Crippen molar-refractivity contribution in [3.63, 3.8) is 0 Å². The molecular weight excluding hydrogens is 458 g/mol. The van der Waals surface area contributed by atoms with Gasteiger partial charge in [-0.15, -0.1) is 0 Å². The average molecular weight is 476 g/mol. The molecule has 1 amide bonds. The number of carbonyl (C=O) groups is 1. The van der Waals surface area contributed by atoms with E-state index < -0.39 is 6.04 Å². The summed E-state index contributed by atoms with van der Waals surface area (Å²) in [6, 6.07) is 19.1. The number of fused-ring (bicyclic) bond motifs is 2. The molecule has 1 N–H and O–H groups in total. The lowest BCUT2D eigenvalue weighted by molar-refractivity contribution is 0.0714. The number of phenolic OH excluding ortho intramolecular Hbond substituents is 1. The Balaban J connectivity index is 1.73. The van der Waals surface area contributed by atoms with E-state index in [-0.39, 0.29) is 22.8 Å². The van der Waals surface area contributed by atoms with Gasteiger partial charge in [0.2, 0.25) is 5.76 Å². The molecule has 0 unspecified atom stereocenters. The van der Waals surface area contributed by atoms with Gasteiger partial charge in [0.1, 0.15) is 11.3 Å². The van der Waals surface area contributed by atoms with E-state index in [0.717, 1.165) is 15.6 Å². The standard InChI is InChI=1S/C25H18BrNO4/c1-14-5-7-15(8-6-14)13-27-22(16-3-2-4-18(28)11-16)21-23(29)19-12-17(26)9-10-20(19)31-24(21)25(27)30/h2-12,22,28H,13H2,1H3/t22-/m0/s1. The first kappa shape index (κ1) is 19.6. The van der Waals surface area contributed by atoms with Gasteiger partial charge in [0, 0.05) is 11.0 Å². The molecule has 1 aromatic heterocycles. The summed E-state index contributed by atoms with van der Waals surface area (Å²) in [4.78, 5) is 28.6. The lowest BCUT2D eigenvalue weighted by Crippen LogP contribution is -2.29. The Kier molecular flexibility index (Phi) is 4.67. The Morgan fingerprint density at radius 3 is 2.55 bits per heavy atom. The van der Waals surface area contributed by atoms with Gasteiger partial charge in [-0.3, -0.25) is 9.59 Å². The van der Waals surface area contributed by atoms with Gasteiger partial charge in [-0.1, -0.05) is 57.9 Å². The molecule has 3 aromatic carbocycles. The van der Waals surface area contributed by atoms with E-state index in [9.17, 15) is 14.7 Å². The maximum atomic E-state index is 13.5. The summed E-state index contributed by atoms with van der Waals surface area (Å²) in [6.45, 7) is 2.31. The van der Waals surface area contributed by atoms with Crippen molar-refractivity contribution in [3.05, 3.63) is 109 Å². The number of benzene rings is 3. The van der Waals surface area contributed by atoms with E-state index in [0.29, 0.717) is 28.6 Å². The molecular formula is C25H18BrNO4. The molecule has 0 bridgehead atoms. The van der Waals surface area contributed by atoms with Gasteiger partial charge < -0.3 is 14.4 Å². The van der Waals surface area contributed by atoms with Crippen LogP contribution >= 0.6 is 15.9 Å². The second-order valence-corrected chi connectivity index (χ2v) is 8.65. The van der Waals surface area contributed by atoms with Gasteiger partial charge >= 0.3 is 0 Å². The summed E-state index contributed by atoms with van der Waals surface area (Å²) in [7, 11) is 0. The van der Waals surface area contributed by atoms with Crippen LogP contribution in [0.5, 0.6) is 5.75 Å². The third kappa shape index (κ3) is 3.33. The summed E-state index contributed by atoms with van der Waals surface area (Å²) in [5.41, 5.74) is 3.14. The summed E-state index contributed by atoms with van der Waals surface area (Å²) in [6.07, 6.45) is 0. The third-order valence-electron chi connectivity index (χ3n) is 5.59. The van der Waals surface area contributed by atoms with E-state index >= 15 is 0 Å². The van der Waals surface area contributed by atoms with Crippen LogP contribution < -0.4 is 5.43 Å². The van der Waals surface area contributed by atoms with E-state index in [1.807, 2.05) is 31.2 Å². The van der Waals surface area contributed by atoms with Crippen LogP contribution in [0.1, 0.15) is 38.9 Å². The molecule has 5 rings (SSSR count). The number of aryl methyl sites for hydroxylation is 1. The van der Waals surface area contributed by atoms with Gasteiger partial charge in [-0.05, 0) is 48.4 Å². The van der Waals surface area contributed by atoms with Crippen molar-refractivity contribution >= 4 is 32.8 Å². The molecule has 31 heavy (non-hydrogen) atoms. The molecule has 0 saturated heterocycles. The Morgan fingerprint density at radius 2 is 1.81 bits per heavy atom. The zero-order chi connectivity index (χ0) is 21.7. The first-order valence-corrected chi connectivity index (χ1v) is 10.6. The predicted octanol–water partition coefficient (Wildman–Crippen LogP) is 5.31. The van der Waals surface area contributed by atoms with E-state index in [1.54, 1.807) is 47.4 Å². The van der Waals surface area contributed by atoms with E-state index in [1.165, 1.54) is 0 Å². The van der Waals surface area contributed by atoms with Crippen LogP contribution in [-0.2, 0) is 6.54 Å². The van der Waals surface area contributed by atoms with Gasteiger partial charge in [-0.25, -0.2) is 0 Å². The smallest absolute Gasteiger partial charge is 0.291 e. The van der Waals surface area contributed by atoms with Crippen LogP contribution in [0.15, 0.2) is 80.4 Å². The fourth-order valence-electron chi connectivity index (χ4n) is 4.09. The van der Waals surface area contributed by atoms with Crippen LogP contribution in [0.3, 0.4) is 0 Å². The van der Waals surface area contributed by atoms with Gasteiger partial charge in [0.05, 0.1) is 17.0 Å². The fourth-order valence-corrected chi connectivity index (χ4v) is 4.45. The fraction of sp³-hybridized carbons (Fsp3) is 0.120. The van der Waals surface area contributed by atoms with Crippen LogP contribution in [0, 0.1) is 6.92 Å². The zero-order valence-corrected chi connectivity index (χ0v) is 18.2. The van der Waals surface area contributed by atoms with Crippen molar-refractivity contribution < 1.29 is 14.3 Å². The van der Waals surface area contributed by atoms with Crippen molar-refractivity contribution in [3.8, 4) is 5.75 Å². The highest BCUT2D eigenvalue weighted by atomic mass is 79.9. The summed E-state index contributed by atoms with van der Waals surface area (Å²) >= 11 is 3.40. The largest absolute Gasteiger partial charge is 0.508 e. The minimum atomic E-state index is -0.657. The number of phenols is 1. The maximum Gasteiger partial charge on any atom is 0.291 e. The third-order valence-corrected chi connectivity index (χ3v) is 6.08. The number of hydrogen-bond donors (Lipinski definition) is 1. The minimum absolute atomic E-state index is 0.0558. The lowest BCUT2D eigenvalue weighted by Gasteiger charge is -2.25. The number of aromatic hydroxyl groups is 1. The highest BCUT2D eigenvalue weighted by Gasteiger charge is 2.42. The Bertz CT molecular complexity index is 1390. The Morgan fingerprint density at radius 1 is 1.03 bits per heavy atom. The van der Waals surface area contributed by atoms with Gasteiger partial charge in [0.15, 0.2) is 5.43 Å². The molecule has 5 nitrogen and oxygen atoms in total. The molecule has 0 saturated carbocycles. The Hall–Kier alpha value is -3.38. The molecule has 154 valence electrons. The molecule has 1 aliphatic rings. The quantitative estimate of drug-likeness (QED) is 0.435. The maximum absolute atomic E-state index is 13.5. The molecule has 0 radical (unpaired) electrons. The number of nitrogens with zero attached hydrogens (tertiary/aromatic N) is 1. The summed E-state index contributed by atoms with van der Waals surface area (Å²) in [5.74, 6) is -0.215. The summed E-state index contributed by atoms with van der Waals surface area (Å²) < 4.78 is 6.70. The number of hydrogen-bond acceptors (Lipinski definition) is 4. The van der Waals surface area contributed by atoms with Gasteiger partial charge in [-0.2, -0.15) is 0 Å². The second kappa shape index (κ2) is 7.39. The van der Waals surface area contributed by atoms with Crippen LogP contribution in [-0.4, -0.2) is 15.9 Å². The van der Waals surface area contributed by atoms with Crippen LogP contribution in [0.2, 0.25) is 0 Å². The molecule has 2 heterocycles. The number of halogens is 1. The van der Waals surface area contributed by atoms with Crippen molar-refractivity contribution in [2.45, 2.75) is 19.5 Å². The first-order chi connectivity index (χ1) is 14.9. The predicted molar refractivity (Wildman–Crippen MR) is 121 cm³/mol. The summed E-state index contributed by atoms with van der Waals surface area (Å²) in [5, 5.41) is 10.5. The van der Waals surface area contributed by atoms with Crippen molar-refractivity contribution in [2.75, 3.05) is 0 Å². The molecule has 4 aromatic rings. The molecule has 1 atom stereocenters. The normalized spacial score (nSPS) is 15.5. The first-order valence-electron chi connectivity index (χ1n) is 9.84. The number of rotatable bonds is 3. The second-order valence-electron chi connectivity index (χ2n) is 7.73. The molecule has 6 heteroatoms. The molecule has 0 fully saturated rings. The van der Waals surface area contributed by atoms with Crippen LogP contribution in [0.25, 0.3) is 11.0 Å². The van der Waals surface area contributed by atoms with Crippen molar-refractivity contribution in [2.24, 2.45) is 0 Å². The van der Waals surface area contributed by atoms with E-state index in [4.69, 9.17) is 4.42 Å². The monoisotopic (exact) mass is 475 g/mol. The number of carbonyl (C=O) groups excluding carboxylic acids is 1. The molecule has 0 aliphatic carbocycles. The SMILES string of the molecule is Cc1ccc(CN2C(=O)c3oc4ccc(Br)cc4c(=O)c3[C@@H]2c2cccc(O)c2)cc1. The lowest BCUT2D eigenvalue weighted by atomic mass is 9.98. The Labute approximate surface area is 186 Å². The van der Waals surface area contributed by atoms with E-state index in [2.05, 4.69) is 15.9 Å². The van der Waals surface area contributed by atoms with Gasteiger partial charge in [0.25, 0.3) is 5.91 Å².